The van der Waals surface area contributed by atoms with Crippen molar-refractivity contribution in [2.45, 2.75) is 0 Å². The minimum absolute atomic E-state index is 0.0242. The van der Waals surface area contributed by atoms with Crippen LogP contribution in [0.5, 0.6) is 5.75 Å². The monoisotopic (exact) mass is 277 g/mol. The molecule has 0 heterocycles. The number of nitrogens with zero attached hydrogens (tertiary/aromatic N) is 1. The molecular formula is C10H6Cl3NO2. The molecule has 0 amide bonds. The second-order valence-electron chi connectivity index (χ2n) is 2.65. The van der Waals surface area contributed by atoms with Gasteiger partial charge in [-0.05, 0) is 24.3 Å². The topological polar surface area (TPSA) is 38.7 Å². The van der Waals surface area contributed by atoms with Crippen molar-refractivity contribution in [3.63, 3.8) is 0 Å². The highest BCUT2D eigenvalue weighted by Gasteiger charge is 2.00. The lowest BCUT2D eigenvalue weighted by molar-refractivity contribution is 0.359. The molecule has 0 N–H and O–H groups in total. The van der Waals surface area contributed by atoms with E-state index in [1.54, 1.807) is 24.3 Å². The number of hydrogen-bond acceptors (Lipinski definition) is 3. The number of isocyanates is 1. The lowest BCUT2D eigenvalue weighted by atomic mass is 10.3. The van der Waals surface area contributed by atoms with Crippen LogP contribution >= 0.6 is 34.8 Å². The lowest BCUT2D eigenvalue weighted by Crippen LogP contribution is -1.97. The van der Waals surface area contributed by atoms with E-state index >= 15 is 0 Å². The van der Waals surface area contributed by atoms with Crippen molar-refractivity contribution in [2.24, 2.45) is 4.99 Å². The summed E-state index contributed by atoms with van der Waals surface area (Å²) in [6.45, 7) is 0.0835. The van der Waals surface area contributed by atoms with E-state index < -0.39 is 0 Å². The van der Waals surface area contributed by atoms with Gasteiger partial charge in [0.1, 0.15) is 16.8 Å². The summed E-state index contributed by atoms with van der Waals surface area (Å²) in [7, 11) is 0. The summed E-state index contributed by atoms with van der Waals surface area (Å²) in [5, 5.41) is 0.221. The first-order valence-electron chi connectivity index (χ1n) is 4.14. The lowest BCUT2D eigenvalue weighted by Gasteiger charge is -2.04. The van der Waals surface area contributed by atoms with Crippen LogP contribution in [0.25, 0.3) is 0 Å². The van der Waals surface area contributed by atoms with Crippen molar-refractivity contribution < 1.29 is 9.53 Å². The van der Waals surface area contributed by atoms with E-state index in [-0.39, 0.29) is 16.1 Å². The SMILES string of the molecule is O=C=Nc1ccc(OCC(Cl)=C(Cl)Cl)cc1. The molecule has 3 nitrogen and oxygen atoms in total. The van der Waals surface area contributed by atoms with Crippen molar-refractivity contribution in [1.82, 2.24) is 0 Å². The molecule has 16 heavy (non-hydrogen) atoms. The normalized spacial score (nSPS) is 9.19. The van der Waals surface area contributed by atoms with Crippen LogP contribution in [0.2, 0.25) is 0 Å². The second-order valence-corrected chi connectivity index (χ2v) is 4.06. The largest absolute Gasteiger partial charge is 0.488 e. The predicted octanol–water partition coefficient (Wildman–Crippen LogP) is 3.92. The zero-order valence-corrected chi connectivity index (χ0v) is 10.2. The molecule has 0 fully saturated rings. The number of aliphatic imine (C=N–C) groups is 1. The van der Waals surface area contributed by atoms with Gasteiger partial charge in [-0.1, -0.05) is 34.8 Å². The molecule has 1 aromatic carbocycles. The Balaban J connectivity index is 2.63. The molecule has 0 spiro atoms. The van der Waals surface area contributed by atoms with E-state index in [4.69, 9.17) is 39.5 Å². The fourth-order valence-electron chi connectivity index (χ4n) is 0.871. The molecule has 1 aromatic rings. The van der Waals surface area contributed by atoms with Gasteiger partial charge in [-0.25, -0.2) is 4.79 Å². The predicted molar refractivity (Wildman–Crippen MR) is 64.3 cm³/mol. The molecule has 0 aliphatic carbocycles. The standard InChI is InChI=1S/C10H6Cl3NO2/c11-9(10(12)13)5-16-8-3-1-7(2-4-8)14-6-15/h1-4H,5H2. The van der Waals surface area contributed by atoms with Crippen LogP contribution in [0.15, 0.2) is 38.8 Å². The summed E-state index contributed by atoms with van der Waals surface area (Å²) >= 11 is 16.5. The van der Waals surface area contributed by atoms with E-state index in [1.165, 1.54) is 6.08 Å². The third-order valence-corrected chi connectivity index (χ3v) is 2.53. The summed E-state index contributed by atoms with van der Waals surface area (Å²) in [5.41, 5.74) is 0.499. The van der Waals surface area contributed by atoms with Crippen LogP contribution < -0.4 is 4.74 Å². The molecule has 0 bridgehead atoms. The van der Waals surface area contributed by atoms with Crippen LogP contribution in [0.1, 0.15) is 0 Å². The smallest absolute Gasteiger partial charge is 0.240 e. The number of benzene rings is 1. The molecule has 0 saturated carbocycles. The number of carbonyl (C=O) groups excluding carboxylic acids is 1. The Hall–Kier alpha value is -0.990. The summed E-state index contributed by atoms with van der Waals surface area (Å²) in [6.07, 6.45) is 1.44. The fraction of sp³-hybridized carbons (Fsp3) is 0.100. The second kappa shape index (κ2) is 6.56. The average molecular weight is 279 g/mol. The Labute approximate surface area is 107 Å². The van der Waals surface area contributed by atoms with E-state index in [0.29, 0.717) is 11.4 Å². The molecule has 0 aliphatic heterocycles. The van der Waals surface area contributed by atoms with Gasteiger partial charge in [0.05, 0.1) is 10.7 Å². The van der Waals surface area contributed by atoms with Crippen molar-refractivity contribution in [2.75, 3.05) is 6.61 Å². The highest BCUT2D eigenvalue weighted by molar-refractivity contribution is 6.59. The van der Waals surface area contributed by atoms with Crippen LogP contribution in [0, 0.1) is 0 Å². The van der Waals surface area contributed by atoms with E-state index in [1.807, 2.05) is 0 Å². The summed E-state index contributed by atoms with van der Waals surface area (Å²) in [4.78, 5) is 13.4. The van der Waals surface area contributed by atoms with Gasteiger partial charge < -0.3 is 4.74 Å². The van der Waals surface area contributed by atoms with Crippen LogP contribution in [-0.2, 0) is 4.79 Å². The average Bonchev–Trinajstić information content (AvgIpc) is 2.28. The third kappa shape index (κ3) is 4.25. The Kier molecular flexibility index (Phi) is 5.36. The van der Waals surface area contributed by atoms with Gasteiger partial charge in [-0.3, -0.25) is 0 Å². The van der Waals surface area contributed by atoms with Crippen LogP contribution in [0.3, 0.4) is 0 Å². The van der Waals surface area contributed by atoms with Crippen molar-refractivity contribution in [3.8, 4) is 5.75 Å². The zero-order valence-electron chi connectivity index (χ0n) is 7.91. The third-order valence-electron chi connectivity index (χ3n) is 1.58. The van der Waals surface area contributed by atoms with E-state index in [0.717, 1.165) is 0 Å². The molecule has 0 unspecified atom stereocenters. The van der Waals surface area contributed by atoms with Gasteiger partial charge in [0.2, 0.25) is 6.08 Å². The van der Waals surface area contributed by atoms with Gasteiger partial charge in [0.25, 0.3) is 0 Å². The summed E-state index contributed by atoms with van der Waals surface area (Å²) < 4.78 is 5.24. The molecule has 0 aromatic heterocycles. The van der Waals surface area contributed by atoms with E-state index in [9.17, 15) is 4.79 Å². The zero-order chi connectivity index (χ0) is 12.0. The van der Waals surface area contributed by atoms with E-state index in [2.05, 4.69) is 4.99 Å². The minimum Gasteiger partial charge on any atom is -0.488 e. The van der Waals surface area contributed by atoms with Gasteiger partial charge in [-0.2, -0.15) is 4.99 Å². The maximum atomic E-state index is 9.97. The van der Waals surface area contributed by atoms with Gasteiger partial charge >= 0.3 is 0 Å². The molecular weight excluding hydrogens is 272 g/mol. The maximum absolute atomic E-state index is 9.97. The van der Waals surface area contributed by atoms with Gasteiger partial charge in [0.15, 0.2) is 0 Å². The van der Waals surface area contributed by atoms with Crippen LogP contribution in [-0.4, -0.2) is 12.7 Å². The summed E-state index contributed by atoms with van der Waals surface area (Å²) in [6, 6.07) is 6.51. The Morgan fingerprint density at radius 2 is 1.88 bits per heavy atom. The van der Waals surface area contributed by atoms with Gasteiger partial charge in [-0.15, -0.1) is 0 Å². The molecule has 0 atom stereocenters. The van der Waals surface area contributed by atoms with Crippen molar-refractivity contribution in [1.29, 1.82) is 0 Å². The Morgan fingerprint density at radius 1 is 1.25 bits per heavy atom. The number of rotatable bonds is 4. The number of hydrogen-bond donors (Lipinski definition) is 0. The first-order valence-corrected chi connectivity index (χ1v) is 5.27. The summed E-state index contributed by atoms with van der Waals surface area (Å²) in [5.74, 6) is 0.567. The number of halogens is 3. The molecule has 0 saturated heterocycles. The van der Waals surface area contributed by atoms with Crippen molar-refractivity contribution >= 4 is 46.6 Å². The maximum Gasteiger partial charge on any atom is 0.240 e. The van der Waals surface area contributed by atoms with Crippen LogP contribution in [0.4, 0.5) is 5.69 Å². The first kappa shape index (κ1) is 13.1. The highest BCUT2D eigenvalue weighted by atomic mass is 35.5. The Bertz CT molecular complexity index is 432. The minimum atomic E-state index is -0.0242. The molecule has 0 aliphatic rings. The van der Waals surface area contributed by atoms with Gasteiger partial charge in [0, 0.05) is 0 Å². The van der Waals surface area contributed by atoms with Crippen molar-refractivity contribution in [3.05, 3.63) is 33.8 Å². The highest BCUT2D eigenvalue weighted by Crippen LogP contribution is 2.21. The quantitative estimate of drug-likeness (QED) is 0.618. The molecule has 0 radical (unpaired) electrons. The molecule has 1 rings (SSSR count). The molecule has 84 valence electrons. The fourth-order valence-corrected chi connectivity index (χ4v) is 1.03. The first-order chi connectivity index (χ1) is 7.63. The Morgan fingerprint density at radius 3 is 2.38 bits per heavy atom. The molecule has 6 heteroatoms. The number of ether oxygens (including phenoxy) is 1.